The maximum atomic E-state index is 15.7. The summed E-state index contributed by atoms with van der Waals surface area (Å²) in [5.41, 5.74) is -14.1. The molecular weight excluding hydrogens is 810 g/mol. The van der Waals surface area contributed by atoms with Crippen LogP contribution in [0.5, 0.6) is 0 Å². The lowest BCUT2D eigenvalue weighted by Crippen LogP contribution is -2.63. The number of hydrogen-bond acceptors (Lipinski definition) is 0. The summed E-state index contributed by atoms with van der Waals surface area (Å²) in [6.07, 6.45) is -2.96. The molecule has 22 heteroatoms. The van der Waals surface area contributed by atoms with Crippen molar-refractivity contribution in [2.45, 2.75) is 25.0 Å². The molecule has 0 saturated heterocycles. The molecule has 0 radical (unpaired) electrons. The van der Waals surface area contributed by atoms with Crippen LogP contribution < -0.4 is 21.9 Å². The average Bonchev–Trinajstić information content (AvgIpc) is 3.18. The van der Waals surface area contributed by atoms with Crippen molar-refractivity contribution in [3.8, 4) is 0 Å². The Morgan fingerprint density at radius 3 is 0.750 bits per heavy atom. The standard InChI is InChI=1S/C34H12B2F20/c37-15-11(16(38)24(46)31(53)23(15)45)35(12-17(39)25(47)32(54)26(48)18(12)40)10(8-4-7-9-5-2-1-3-6-9)36(13-19(41)27(49)33(55)28(50)20(13)42)14-21(43)29(51)34(56)30(52)22(14)44/h1-3,5-6,10H,4,7-8H2. The third-order valence-electron chi connectivity index (χ3n) is 8.92. The molecule has 0 heterocycles. The van der Waals surface area contributed by atoms with Gasteiger partial charge < -0.3 is 0 Å². The smallest absolute Gasteiger partial charge is 0.204 e. The number of hydrogen-bond donors (Lipinski definition) is 0. The van der Waals surface area contributed by atoms with Crippen LogP contribution >= 0.6 is 0 Å². The Morgan fingerprint density at radius 2 is 0.518 bits per heavy atom. The van der Waals surface area contributed by atoms with Gasteiger partial charge in [-0.15, -0.1) is 0 Å². The first-order valence-corrected chi connectivity index (χ1v) is 15.3. The van der Waals surface area contributed by atoms with Gasteiger partial charge in [-0.3, -0.25) is 0 Å². The van der Waals surface area contributed by atoms with Crippen molar-refractivity contribution in [3.63, 3.8) is 0 Å². The second-order valence-corrected chi connectivity index (χ2v) is 11.9. The Labute approximate surface area is 300 Å². The van der Waals surface area contributed by atoms with E-state index in [-0.39, 0.29) is 5.56 Å². The summed E-state index contributed by atoms with van der Waals surface area (Å²) in [7, 11) is 0. The molecule has 5 aromatic rings. The maximum absolute atomic E-state index is 15.7. The van der Waals surface area contributed by atoms with Gasteiger partial charge in [0.25, 0.3) is 0 Å². The van der Waals surface area contributed by atoms with Crippen molar-refractivity contribution >= 4 is 35.3 Å². The van der Waals surface area contributed by atoms with Gasteiger partial charge in [0, 0.05) is 21.9 Å². The molecule has 0 saturated carbocycles. The molecule has 0 aromatic heterocycles. The summed E-state index contributed by atoms with van der Waals surface area (Å²) < 4.78 is 301. The average molecular weight is 822 g/mol. The summed E-state index contributed by atoms with van der Waals surface area (Å²) in [6, 6.07) is 6.66. The number of aryl methyl sites for hydroxylation is 1. The second kappa shape index (κ2) is 15.8. The molecule has 294 valence electrons. The molecule has 0 nitrogen and oxygen atoms in total. The summed E-state index contributed by atoms with van der Waals surface area (Å²) in [5.74, 6) is -62.5. The predicted molar refractivity (Wildman–Crippen MR) is 158 cm³/mol. The number of benzene rings is 5. The first-order valence-electron chi connectivity index (χ1n) is 15.3. The molecule has 0 fully saturated rings. The monoisotopic (exact) mass is 822 g/mol. The Balaban J connectivity index is 2.07. The fourth-order valence-electron chi connectivity index (χ4n) is 6.44. The summed E-state index contributed by atoms with van der Waals surface area (Å²) in [6.45, 7) is -7.87. The first kappa shape index (κ1) is 42.0. The first-order chi connectivity index (χ1) is 26.2. The third-order valence-corrected chi connectivity index (χ3v) is 8.92. The zero-order chi connectivity index (χ0) is 41.8. The van der Waals surface area contributed by atoms with Crippen LogP contribution in [-0.2, 0) is 6.42 Å². The van der Waals surface area contributed by atoms with Crippen LogP contribution in [0.15, 0.2) is 30.3 Å². The molecule has 56 heavy (non-hydrogen) atoms. The second-order valence-electron chi connectivity index (χ2n) is 11.9. The van der Waals surface area contributed by atoms with Gasteiger partial charge in [0.15, 0.2) is 116 Å². The maximum Gasteiger partial charge on any atom is 0.222 e. The molecule has 5 rings (SSSR count). The van der Waals surface area contributed by atoms with Crippen molar-refractivity contribution in [1.29, 1.82) is 0 Å². The summed E-state index contributed by atoms with van der Waals surface area (Å²) in [5, 5.41) is 0. The molecular formula is C34H12B2F20. The van der Waals surface area contributed by atoms with E-state index < -0.39 is 177 Å². The fourth-order valence-corrected chi connectivity index (χ4v) is 6.44. The number of rotatable bonds is 10. The Bertz CT molecular complexity index is 1990. The molecule has 0 bridgehead atoms. The zero-order valence-electron chi connectivity index (χ0n) is 26.8. The largest absolute Gasteiger partial charge is 0.222 e. The van der Waals surface area contributed by atoms with Crippen LogP contribution in [0, 0.1) is 116 Å². The zero-order valence-corrected chi connectivity index (χ0v) is 26.8. The molecule has 5 aromatic carbocycles. The summed E-state index contributed by atoms with van der Waals surface area (Å²) in [4.78, 5) is 0. The van der Waals surface area contributed by atoms with Gasteiger partial charge in [-0.2, -0.15) is 0 Å². The molecule has 0 aliphatic heterocycles. The van der Waals surface area contributed by atoms with Gasteiger partial charge in [0.2, 0.25) is 13.4 Å². The van der Waals surface area contributed by atoms with Gasteiger partial charge >= 0.3 is 0 Å². The highest BCUT2D eigenvalue weighted by Gasteiger charge is 2.52. The van der Waals surface area contributed by atoms with Gasteiger partial charge in [-0.05, 0) is 12.0 Å². The van der Waals surface area contributed by atoms with E-state index in [9.17, 15) is 52.7 Å². The molecule has 0 aliphatic rings. The lowest BCUT2D eigenvalue weighted by molar-refractivity contribution is 0.381. The van der Waals surface area contributed by atoms with E-state index in [0.717, 1.165) is 0 Å². The normalized spacial score (nSPS) is 11.6. The highest BCUT2D eigenvalue weighted by atomic mass is 19.2. The van der Waals surface area contributed by atoms with Crippen molar-refractivity contribution in [2.24, 2.45) is 0 Å². The SMILES string of the molecule is Fc1c(F)c(F)c(B(c2c(F)c(F)c(F)c(F)c2F)C(CCCc2ccccc2)B(c2c(F)c(F)c(F)c(F)c2F)c2c(F)c(F)c(F)c(F)c2F)c(F)c1F. The van der Waals surface area contributed by atoms with Crippen molar-refractivity contribution in [1.82, 2.24) is 0 Å². The Hall–Kier alpha value is -5.17. The topological polar surface area (TPSA) is 0 Å². The van der Waals surface area contributed by atoms with E-state index in [4.69, 9.17) is 0 Å². The predicted octanol–water partition coefficient (Wildman–Crippen LogP) is 8.32. The van der Waals surface area contributed by atoms with E-state index in [1.165, 1.54) is 30.3 Å². The molecule has 0 atom stereocenters. The molecule has 0 aliphatic carbocycles. The quantitative estimate of drug-likeness (QED) is 0.0576. The minimum Gasteiger partial charge on any atom is -0.204 e. The van der Waals surface area contributed by atoms with E-state index in [1.807, 2.05) is 0 Å². The van der Waals surface area contributed by atoms with Crippen LogP contribution in [0.2, 0.25) is 5.72 Å². The molecule has 0 unspecified atom stereocenters. The van der Waals surface area contributed by atoms with Crippen molar-refractivity contribution in [2.75, 3.05) is 0 Å². The fraction of sp³-hybridized carbons (Fsp3) is 0.118. The molecule has 0 spiro atoms. The van der Waals surface area contributed by atoms with E-state index in [0.29, 0.717) is 0 Å². The Kier molecular flexibility index (Phi) is 11.8. The van der Waals surface area contributed by atoms with E-state index in [2.05, 4.69) is 0 Å². The van der Waals surface area contributed by atoms with Gasteiger partial charge in [0.1, 0.15) is 0 Å². The lowest BCUT2D eigenvalue weighted by atomic mass is 9.14. The summed E-state index contributed by atoms with van der Waals surface area (Å²) >= 11 is 0. The third kappa shape index (κ3) is 6.73. The van der Waals surface area contributed by atoms with E-state index in [1.54, 1.807) is 0 Å². The minimum atomic E-state index is -3.94. The highest BCUT2D eigenvalue weighted by molar-refractivity contribution is 7.02. The van der Waals surface area contributed by atoms with E-state index >= 15 is 35.1 Å². The van der Waals surface area contributed by atoms with Crippen LogP contribution in [-0.4, -0.2) is 13.4 Å². The van der Waals surface area contributed by atoms with Crippen molar-refractivity contribution in [3.05, 3.63) is 152 Å². The highest BCUT2D eigenvalue weighted by Crippen LogP contribution is 2.33. The molecule has 0 amide bonds. The van der Waals surface area contributed by atoms with Crippen LogP contribution in [0.1, 0.15) is 18.4 Å². The molecule has 0 N–H and O–H groups in total. The lowest BCUT2D eigenvalue weighted by Gasteiger charge is -2.33. The van der Waals surface area contributed by atoms with Gasteiger partial charge in [-0.1, -0.05) is 48.9 Å². The Morgan fingerprint density at radius 1 is 0.304 bits per heavy atom. The van der Waals surface area contributed by atoms with Gasteiger partial charge in [0.05, 0.1) is 0 Å². The van der Waals surface area contributed by atoms with Crippen LogP contribution in [0.3, 0.4) is 0 Å². The minimum absolute atomic E-state index is 0.166. The van der Waals surface area contributed by atoms with Crippen LogP contribution in [0.4, 0.5) is 87.8 Å². The van der Waals surface area contributed by atoms with Crippen molar-refractivity contribution < 1.29 is 87.8 Å². The van der Waals surface area contributed by atoms with Gasteiger partial charge in [-0.25, -0.2) is 87.8 Å². The van der Waals surface area contributed by atoms with Crippen LogP contribution in [0.25, 0.3) is 0 Å². The number of halogens is 20.